The first kappa shape index (κ1) is 12.7. The number of benzene rings is 1. The van der Waals surface area contributed by atoms with Gasteiger partial charge in [0.15, 0.2) is 0 Å². The van der Waals surface area contributed by atoms with Crippen LogP contribution in [0.1, 0.15) is 12.0 Å². The third kappa shape index (κ3) is 3.63. The Bertz CT molecular complexity index is 481. The van der Waals surface area contributed by atoms with Crippen molar-refractivity contribution in [3.05, 3.63) is 29.8 Å². The maximum atomic E-state index is 11.6. The van der Waals surface area contributed by atoms with E-state index < -0.39 is 16.0 Å². The smallest absolute Gasteiger partial charge is 0.240 e. The molecule has 0 aromatic heterocycles. The molecule has 6 heteroatoms. The van der Waals surface area contributed by atoms with E-state index in [2.05, 4.69) is 4.72 Å². The highest BCUT2D eigenvalue weighted by molar-refractivity contribution is 7.89. The molecule has 0 atom stereocenters. The van der Waals surface area contributed by atoms with Crippen molar-refractivity contribution >= 4 is 16.0 Å². The van der Waals surface area contributed by atoms with Crippen molar-refractivity contribution in [2.24, 2.45) is 0 Å². The lowest BCUT2D eigenvalue weighted by Gasteiger charge is -2.07. The molecule has 0 unspecified atom stereocenters. The van der Waals surface area contributed by atoms with Crippen LogP contribution in [0.3, 0.4) is 0 Å². The van der Waals surface area contributed by atoms with Gasteiger partial charge in [-0.3, -0.25) is 0 Å². The van der Waals surface area contributed by atoms with Gasteiger partial charge in [0, 0.05) is 18.9 Å². The second-order valence-corrected chi connectivity index (χ2v) is 5.10. The largest absolute Gasteiger partial charge is 0.550 e. The summed E-state index contributed by atoms with van der Waals surface area (Å²) in [5.74, 6) is -1.29. The Balaban J connectivity index is 2.74. The minimum atomic E-state index is -3.62. The lowest BCUT2D eigenvalue weighted by atomic mass is 10.2. The van der Waals surface area contributed by atoms with E-state index in [0.29, 0.717) is 0 Å². The van der Waals surface area contributed by atoms with Gasteiger partial charge in [-0.05, 0) is 24.6 Å². The van der Waals surface area contributed by atoms with Gasteiger partial charge in [0.25, 0.3) is 0 Å². The monoisotopic (exact) mass is 242 g/mol. The molecule has 0 radical (unpaired) electrons. The standard InChI is InChI=1S/C10H13NO4S/c1-8-3-2-4-9(7-8)16(14,15)11-6-5-10(12)13/h2-4,7,11H,5-6H2,1H3,(H,12,13)/p-1. The highest BCUT2D eigenvalue weighted by Gasteiger charge is 2.12. The van der Waals surface area contributed by atoms with E-state index in [1.165, 1.54) is 12.1 Å². The molecule has 0 saturated carbocycles. The predicted octanol–water partition coefficient (Wildman–Crippen LogP) is -0.587. The van der Waals surface area contributed by atoms with E-state index in [9.17, 15) is 18.3 Å². The summed E-state index contributed by atoms with van der Waals surface area (Å²) in [6.07, 6.45) is -0.342. The molecule has 0 aliphatic rings. The first-order valence-corrected chi connectivity index (χ1v) is 6.16. The molecule has 1 aromatic carbocycles. The summed E-state index contributed by atoms with van der Waals surface area (Å²) in [5.41, 5.74) is 0.822. The van der Waals surface area contributed by atoms with Crippen LogP contribution in [0.5, 0.6) is 0 Å². The van der Waals surface area contributed by atoms with Crippen molar-refractivity contribution in [1.82, 2.24) is 4.72 Å². The third-order valence-corrected chi connectivity index (χ3v) is 3.38. The number of rotatable bonds is 5. The number of sulfonamides is 1. The molecule has 0 heterocycles. The molecular formula is C10H12NO4S-. The van der Waals surface area contributed by atoms with Crippen LogP contribution in [0.4, 0.5) is 0 Å². The van der Waals surface area contributed by atoms with Gasteiger partial charge in [0.2, 0.25) is 10.0 Å². The third-order valence-electron chi connectivity index (χ3n) is 1.92. The van der Waals surface area contributed by atoms with Gasteiger partial charge in [-0.1, -0.05) is 12.1 Å². The molecule has 16 heavy (non-hydrogen) atoms. The molecule has 5 nitrogen and oxygen atoms in total. The van der Waals surface area contributed by atoms with Crippen LogP contribution >= 0.6 is 0 Å². The Morgan fingerprint density at radius 3 is 2.69 bits per heavy atom. The van der Waals surface area contributed by atoms with Crippen molar-refractivity contribution in [3.8, 4) is 0 Å². The minimum absolute atomic E-state index is 0.130. The van der Waals surface area contributed by atoms with E-state index in [1.54, 1.807) is 19.1 Å². The summed E-state index contributed by atoms with van der Waals surface area (Å²) in [6.45, 7) is 1.61. The fourth-order valence-electron chi connectivity index (χ4n) is 1.15. The molecule has 0 saturated heterocycles. The van der Waals surface area contributed by atoms with Crippen LogP contribution in [0, 0.1) is 6.92 Å². The average Bonchev–Trinajstić information content (AvgIpc) is 2.16. The van der Waals surface area contributed by atoms with Crippen LogP contribution in [0.15, 0.2) is 29.2 Å². The van der Waals surface area contributed by atoms with Gasteiger partial charge in [-0.15, -0.1) is 0 Å². The van der Waals surface area contributed by atoms with Crippen molar-refractivity contribution in [2.45, 2.75) is 18.2 Å². The van der Waals surface area contributed by atoms with Gasteiger partial charge < -0.3 is 9.90 Å². The first-order valence-electron chi connectivity index (χ1n) is 4.68. The second-order valence-electron chi connectivity index (χ2n) is 3.34. The van der Waals surface area contributed by atoms with Gasteiger partial charge in [-0.25, -0.2) is 13.1 Å². The summed E-state index contributed by atoms with van der Waals surface area (Å²) < 4.78 is 25.5. The van der Waals surface area contributed by atoms with Crippen LogP contribution in [0.25, 0.3) is 0 Å². The Morgan fingerprint density at radius 2 is 2.12 bits per heavy atom. The molecule has 0 spiro atoms. The van der Waals surface area contributed by atoms with Crippen molar-refractivity contribution in [1.29, 1.82) is 0 Å². The first-order chi connectivity index (χ1) is 7.42. The molecule has 0 aliphatic heterocycles. The molecule has 0 bridgehead atoms. The average molecular weight is 242 g/mol. The summed E-state index contributed by atoms with van der Waals surface area (Å²) in [5, 5.41) is 10.1. The van der Waals surface area contributed by atoms with Crippen molar-refractivity contribution in [3.63, 3.8) is 0 Å². The number of hydrogen-bond donors (Lipinski definition) is 1. The summed E-state index contributed by atoms with van der Waals surface area (Å²) in [6, 6.07) is 6.37. The zero-order valence-electron chi connectivity index (χ0n) is 8.76. The molecule has 0 aliphatic carbocycles. The Kier molecular flexibility index (Phi) is 4.03. The number of hydrogen-bond acceptors (Lipinski definition) is 4. The van der Waals surface area contributed by atoms with Gasteiger partial charge in [0.05, 0.1) is 4.90 Å². The number of carbonyl (C=O) groups excluding carboxylic acids is 1. The maximum Gasteiger partial charge on any atom is 0.240 e. The van der Waals surface area contributed by atoms with Crippen molar-refractivity contribution < 1.29 is 18.3 Å². The van der Waals surface area contributed by atoms with Crippen LogP contribution in [0.2, 0.25) is 0 Å². The molecule has 1 aromatic rings. The number of aliphatic carboxylic acids is 1. The SMILES string of the molecule is Cc1cccc(S(=O)(=O)NCCC(=O)[O-])c1. The number of nitrogens with one attached hydrogen (secondary N) is 1. The lowest BCUT2D eigenvalue weighted by Crippen LogP contribution is -2.31. The molecule has 1 N–H and O–H groups in total. The second kappa shape index (κ2) is 5.09. The highest BCUT2D eigenvalue weighted by Crippen LogP contribution is 2.10. The fourth-order valence-corrected chi connectivity index (χ4v) is 2.29. The van der Waals surface area contributed by atoms with Crippen LogP contribution in [-0.4, -0.2) is 20.9 Å². The minimum Gasteiger partial charge on any atom is -0.550 e. The van der Waals surface area contributed by atoms with Crippen LogP contribution < -0.4 is 9.83 Å². The number of carbonyl (C=O) groups is 1. The molecular weight excluding hydrogens is 230 g/mol. The summed E-state index contributed by atoms with van der Waals surface area (Å²) >= 11 is 0. The molecule has 1 rings (SSSR count). The zero-order valence-corrected chi connectivity index (χ0v) is 9.58. The summed E-state index contributed by atoms with van der Waals surface area (Å²) in [4.78, 5) is 10.3. The van der Waals surface area contributed by atoms with E-state index in [4.69, 9.17) is 0 Å². The van der Waals surface area contributed by atoms with E-state index >= 15 is 0 Å². The Hall–Kier alpha value is -1.40. The number of carboxylic acid groups (broad SMARTS) is 1. The van der Waals surface area contributed by atoms with Gasteiger partial charge in [-0.2, -0.15) is 0 Å². The van der Waals surface area contributed by atoms with E-state index in [0.717, 1.165) is 5.56 Å². The van der Waals surface area contributed by atoms with Gasteiger partial charge >= 0.3 is 0 Å². The quantitative estimate of drug-likeness (QED) is 0.748. The highest BCUT2D eigenvalue weighted by atomic mass is 32.2. The lowest BCUT2D eigenvalue weighted by molar-refractivity contribution is -0.305. The Morgan fingerprint density at radius 1 is 1.44 bits per heavy atom. The topological polar surface area (TPSA) is 86.3 Å². The predicted molar refractivity (Wildman–Crippen MR) is 56.0 cm³/mol. The molecule has 88 valence electrons. The zero-order chi connectivity index (χ0) is 12.2. The summed E-state index contributed by atoms with van der Waals surface area (Å²) in [7, 11) is -3.62. The molecule has 0 amide bonds. The van der Waals surface area contributed by atoms with Gasteiger partial charge in [0.1, 0.15) is 0 Å². The van der Waals surface area contributed by atoms with Crippen molar-refractivity contribution in [2.75, 3.05) is 6.54 Å². The molecule has 0 fully saturated rings. The Labute approximate surface area is 94.2 Å². The van der Waals surface area contributed by atoms with E-state index in [1.807, 2.05) is 0 Å². The number of carboxylic acids is 1. The fraction of sp³-hybridized carbons (Fsp3) is 0.300. The normalized spacial score (nSPS) is 11.3. The number of aryl methyl sites for hydroxylation is 1. The van der Waals surface area contributed by atoms with Crippen LogP contribution in [-0.2, 0) is 14.8 Å². The van der Waals surface area contributed by atoms with E-state index in [-0.39, 0.29) is 17.9 Å². The maximum absolute atomic E-state index is 11.6.